The third-order valence-corrected chi connectivity index (χ3v) is 3.37. The maximum Gasteiger partial charge on any atom is 0.107 e. The van der Waals surface area contributed by atoms with E-state index in [9.17, 15) is 0 Å². The fraction of sp³-hybridized carbons (Fsp3) is 0.538. The molecule has 2 aliphatic heterocycles. The van der Waals surface area contributed by atoms with Crippen LogP contribution >= 0.6 is 0 Å². The van der Waals surface area contributed by atoms with Crippen LogP contribution in [0.1, 0.15) is 20.3 Å². The van der Waals surface area contributed by atoms with Gasteiger partial charge in [-0.2, -0.15) is 0 Å². The van der Waals surface area contributed by atoms with Crippen LogP contribution in [0.4, 0.5) is 0 Å². The molecule has 3 N–H and O–H groups in total. The Balaban J connectivity index is 2.14. The number of nitrogens with zero attached hydrogens (tertiary/aromatic N) is 2. The highest BCUT2D eigenvalue weighted by atomic mass is 15.6. The van der Waals surface area contributed by atoms with Crippen molar-refractivity contribution in [1.82, 2.24) is 15.3 Å². The number of rotatable bonds is 3. The van der Waals surface area contributed by atoms with Crippen molar-refractivity contribution in [1.29, 1.82) is 0 Å². The first-order valence-corrected chi connectivity index (χ1v) is 6.01. The summed E-state index contributed by atoms with van der Waals surface area (Å²) >= 11 is 0. The van der Waals surface area contributed by atoms with Crippen LogP contribution in [0.2, 0.25) is 0 Å². The van der Waals surface area contributed by atoms with Crippen LogP contribution in [0.5, 0.6) is 0 Å². The largest absolute Gasteiger partial charge is 0.309 e. The molecule has 4 heteroatoms. The van der Waals surface area contributed by atoms with Crippen molar-refractivity contribution < 1.29 is 0 Å². The molecule has 0 aromatic carbocycles. The summed E-state index contributed by atoms with van der Waals surface area (Å²) in [7, 11) is 4.13. The van der Waals surface area contributed by atoms with Gasteiger partial charge in [0.05, 0.1) is 5.70 Å². The summed E-state index contributed by atoms with van der Waals surface area (Å²) in [4.78, 5) is 2.15. The molecule has 0 aromatic rings. The van der Waals surface area contributed by atoms with Crippen LogP contribution < -0.4 is 11.2 Å². The molecule has 2 aliphatic rings. The molecule has 0 saturated heterocycles. The zero-order chi connectivity index (χ0) is 12.6. The number of hydrogen-bond donors (Lipinski definition) is 2. The van der Waals surface area contributed by atoms with Crippen LogP contribution in [0, 0.1) is 0 Å². The normalized spacial score (nSPS) is 27.9. The highest BCUT2D eigenvalue weighted by Crippen LogP contribution is 2.29. The van der Waals surface area contributed by atoms with Gasteiger partial charge in [-0.3, -0.25) is 5.01 Å². The molecule has 0 aromatic heterocycles. The molecule has 17 heavy (non-hydrogen) atoms. The molecule has 2 heterocycles. The summed E-state index contributed by atoms with van der Waals surface area (Å²) in [5.74, 6) is 0. The second-order valence-corrected chi connectivity index (χ2v) is 5.21. The van der Waals surface area contributed by atoms with E-state index in [1.54, 1.807) is 0 Å². The Morgan fingerprint density at radius 2 is 2.06 bits per heavy atom. The van der Waals surface area contributed by atoms with Gasteiger partial charge in [-0.25, -0.2) is 5.43 Å². The number of hydrazine groups is 1. The van der Waals surface area contributed by atoms with Gasteiger partial charge in [0.1, 0.15) is 5.66 Å². The van der Waals surface area contributed by atoms with Gasteiger partial charge in [0, 0.05) is 12.2 Å². The van der Waals surface area contributed by atoms with Gasteiger partial charge in [-0.05, 0) is 52.1 Å². The lowest BCUT2D eigenvalue weighted by molar-refractivity contribution is 0.226. The van der Waals surface area contributed by atoms with Crippen molar-refractivity contribution in [3.63, 3.8) is 0 Å². The summed E-state index contributed by atoms with van der Waals surface area (Å²) in [6, 6.07) is 0. The first-order chi connectivity index (χ1) is 7.91. The summed E-state index contributed by atoms with van der Waals surface area (Å²) in [5.41, 5.74) is 13.0. The second kappa shape index (κ2) is 4.29. The van der Waals surface area contributed by atoms with Crippen LogP contribution in [-0.2, 0) is 0 Å². The molecule has 94 valence electrons. The lowest BCUT2D eigenvalue weighted by Crippen LogP contribution is -2.54. The summed E-state index contributed by atoms with van der Waals surface area (Å²) in [6.07, 6.45) is 7.25. The number of allylic oxidation sites excluding steroid dienone is 4. The molecule has 0 aliphatic carbocycles. The minimum Gasteiger partial charge on any atom is -0.309 e. The van der Waals surface area contributed by atoms with Crippen molar-refractivity contribution in [3.05, 3.63) is 35.2 Å². The molecule has 0 spiro atoms. The van der Waals surface area contributed by atoms with Crippen molar-refractivity contribution >= 4 is 0 Å². The highest BCUT2D eigenvalue weighted by Gasteiger charge is 2.34. The maximum atomic E-state index is 6.36. The lowest BCUT2D eigenvalue weighted by Gasteiger charge is -2.31. The van der Waals surface area contributed by atoms with E-state index < -0.39 is 5.66 Å². The predicted octanol–water partition coefficient (Wildman–Crippen LogP) is 1.16. The number of nitrogens with one attached hydrogen (secondary N) is 1. The van der Waals surface area contributed by atoms with E-state index in [-0.39, 0.29) is 0 Å². The molecule has 1 atom stereocenters. The highest BCUT2D eigenvalue weighted by molar-refractivity contribution is 5.40. The molecule has 0 saturated carbocycles. The van der Waals surface area contributed by atoms with E-state index in [0.29, 0.717) is 0 Å². The number of nitrogens with two attached hydrogens (primary N) is 1. The van der Waals surface area contributed by atoms with Gasteiger partial charge in [-0.1, -0.05) is 6.08 Å². The third kappa shape index (κ3) is 2.44. The molecule has 1 unspecified atom stereocenters. The first-order valence-electron chi connectivity index (χ1n) is 6.01. The Kier molecular flexibility index (Phi) is 3.12. The van der Waals surface area contributed by atoms with E-state index in [0.717, 1.165) is 18.7 Å². The minimum atomic E-state index is -0.435. The molecule has 4 nitrogen and oxygen atoms in total. The quantitative estimate of drug-likeness (QED) is 0.769. The van der Waals surface area contributed by atoms with E-state index in [4.69, 9.17) is 5.73 Å². The molecule has 0 radical (unpaired) electrons. The Bertz CT molecular complexity index is 406. The minimum absolute atomic E-state index is 0.435. The van der Waals surface area contributed by atoms with Gasteiger partial charge in [0.2, 0.25) is 0 Å². The standard InChI is InChI=1S/C13H22N4/c1-10-5-6-12-9-13(14,7-8-16(3)4)15-17(12)11(10)2/h5-6,9,15H,7-8,14H2,1-4H3. The molecule has 0 amide bonds. The van der Waals surface area contributed by atoms with Crippen molar-refractivity contribution in [3.8, 4) is 0 Å². The number of hydrogen-bond acceptors (Lipinski definition) is 4. The molecule has 0 bridgehead atoms. The Morgan fingerprint density at radius 1 is 1.35 bits per heavy atom. The Labute approximate surface area is 103 Å². The van der Waals surface area contributed by atoms with Crippen LogP contribution in [0.25, 0.3) is 0 Å². The van der Waals surface area contributed by atoms with Crippen LogP contribution in [-0.4, -0.2) is 36.2 Å². The average molecular weight is 234 g/mol. The van der Waals surface area contributed by atoms with E-state index in [1.807, 2.05) is 0 Å². The second-order valence-electron chi connectivity index (χ2n) is 5.21. The Morgan fingerprint density at radius 3 is 2.71 bits per heavy atom. The van der Waals surface area contributed by atoms with Gasteiger partial charge < -0.3 is 10.6 Å². The summed E-state index contributed by atoms with van der Waals surface area (Å²) < 4.78 is 0. The monoisotopic (exact) mass is 234 g/mol. The molecule has 0 fully saturated rings. The van der Waals surface area contributed by atoms with Crippen LogP contribution in [0.15, 0.2) is 35.2 Å². The first kappa shape index (κ1) is 12.4. The van der Waals surface area contributed by atoms with Crippen LogP contribution in [0.3, 0.4) is 0 Å². The van der Waals surface area contributed by atoms with Crippen molar-refractivity contribution in [2.24, 2.45) is 5.73 Å². The van der Waals surface area contributed by atoms with Gasteiger partial charge in [0.15, 0.2) is 0 Å². The zero-order valence-corrected chi connectivity index (χ0v) is 11.1. The molecular formula is C13H22N4. The van der Waals surface area contributed by atoms with Gasteiger partial charge in [0.25, 0.3) is 0 Å². The van der Waals surface area contributed by atoms with E-state index in [1.165, 1.54) is 11.3 Å². The fourth-order valence-corrected chi connectivity index (χ4v) is 2.08. The zero-order valence-electron chi connectivity index (χ0n) is 11.1. The summed E-state index contributed by atoms with van der Waals surface area (Å²) in [5, 5.41) is 2.09. The number of fused-ring (bicyclic) bond motifs is 1. The average Bonchev–Trinajstić information content (AvgIpc) is 2.60. The van der Waals surface area contributed by atoms with E-state index in [2.05, 4.69) is 61.5 Å². The molecular weight excluding hydrogens is 212 g/mol. The lowest BCUT2D eigenvalue weighted by atomic mass is 10.1. The topological polar surface area (TPSA) is 44.5 Å². The third-order valence-electron chi connectivity index (χ3n) is 3.37. The fourth-order valence-electron chi connectivity index (χ4n) is 2.08. The predicted molar refractivity (Wildman–Crippen MR) is 70.7 cm³/mol. The molecule has 2 rings (SSSR count). The smallest absolute Gasteiger partial charge is 0.107 e. The SMILES string of the molecule is CC1=C(C)N2NC(N)(CCN(C)C)C=C2C=C1. The van der Waals surface area contributed by atoms with Crippen molar-refractivity contribution in [2.75, 3.05) is 20.6 Å². The van der Waals surface area contributed by atoms with Crippen molar-refractivity contribution in [2.45, 2.75) is 25.9 Å². The Hall–Kier alpha value is -1.10. The van der Waals surface area contributed by atoms with Gasteiger partial charge >= 0.3 is 0 Å². The van der Waals surface area contributed by atoms with Gasteiger partial charge in [-0.15, -0.1) is 0 Å². The maximum absolute atomic E-state index is 6.36. The van der Waals surface area contributed by atoms with E-state index >= 15 is 0 Å². The summed E-state index contributed by atoms with van der Waals surface area (Å²) in [6.45, 7) is 5.19.